The van der Waals surface area contributed by atoms with E-state index in [0.717, 1.165) is 0 Å². The third kappa shape index (κ3) is 9.74. The highest BCUT2D eigenvalue weighted by Gasteiger charge is 1.88. The highest BCUT2D eigenvalue weighted by atomic mass is 13.9. The smallest absolute Gasteiger partial charge is 0.0351 e. The first kappa shape index (κ1) is 11.7. The number of unbranched alkanes of at least 4 members (excludes halogenated alkanes) is 2. The first-order valence-corrected chi connectivity index (χ1v) is 5.56. The molecule has 0 atom stereocenters. The van der Waals surface area contributed by atoms with Crippen LogP contribution in [0, 0.1) is 0 Å². The van der Waals surface area contributed by atoms with E-state index in [-0.39, 0.29) is 0 Å². The van der Waals surface area contributed by atoms with Crippen molar-refractivity contribution in [2.24, 2.45) is 0 Å². The van der Waals surface area contributed by atoms with E-state index in [4.69, 9.17) is 0 Å². The second-order valence-corrected chi connectivity index (χ2v) is 3.46. The fraction of sp³-hybridized carbons (Fsp3) is 0.833. The van der Waals surface area contributed by atoms with Crippen LogP contribution in [-0.4, -0.2) is 0 Å². The Labute approximate surface area is 78.1 Å². The maximum atomic E-state index is 2.30. The summed E-state index contributed by atoms with van der Waals surface area (Å²) in [5.74, 6) is 0. The van der Waals surface area contributed by atoms with Gasteiger partial charge in [-0.15, -0.1) is 0 Å². The van der Waals surface area contributed by atoms with Crippen molar-refractivity contribution >= 4 is 0 Å². The molecule has 72 valence electrons. The van der Waals surface area contributed by atoms with E-state index in [0.29, 0.717) is 0 Å². The van der Waals surface area contributed by atoms with Crippen LogP contribution in [0.15, 0.2) is 12.2 Å². The molecular formula is C12H24. The van der Waals surface area contributed by atoms with Crippen LogP contribution in [0.4, 0.5) is 0 Å². The minimum absolute atomic E-state index is 1.32. The van der Waals surface area contributed by atoms with Crippen LogP contribution in [0.3, 0.4) is 0 Å². The van der Waals surface area contributed by atoms with E-state index < -0.39 is 0 Å². The van der Waals surface area contributed by atoms with Crippen molar-refractivity contribution in [3.63, 3.8) is 0 Å². The van der Waals surface area contributed by atoms with E-state index in [1.807, 2.05) is 0 Å². The summed E-state index contributed by atoms with van der Waals surface area (Å²) in [6.45, 7) is 4.42. The molecule has 1 aliphatic rings. The number of allylic oxidation sites excluding steroid dienone is 2. The molecule has 0 aromatic carbocycles. The fourth-order valence-electron chi connectivity index (χ4n) is 1.29. The molecule has 0 saturated heterocycles. The Balaban J connectivity index is 0.000000217. The quantitative estimate of drug-likeness (QED) is 0.524. The first-order chi connectivity index (χ1) is 5.91. The predicted molar refractivity (Wildman–Crippen MR) is 57.4 cm³/mol. The van der Waals surface area contributed by atoms with Gasteiger partial charge in [0, 0.05) is 0 Å². The lowest BCUT2D eigenvalue weighted by atomic mass is 10.2. The lowest BCUT2D eigenvalue weighted by Crippen LogP contribution is -1.67. The summed E-state index contributed by atoms with van der Waals surface area (Å²) < 4.78 is 0. The molecule has 1 rings (SSSR count). The Hall–Kier alpha value is -0.260. The molecule has 0 spiro atoms. The standard InChI is InChI=1S/C7H12.C5H12/c1-2-4-6-7-5-3-1;1-3-5-4-2/h1-2H,3-7H2;3-5H2,1-2H3. The summed E-state index contributed by atoms with van der Waals surface area (Å²) in [6.07, 6.45) is 15.6. The summed E-state index contributed by atoms with van der Waals surface area (Å²) in [6, 6.07) is 0. The van der Waals surface area contributed by atoms with E-state index in [1.54, 1.807) is 0 Å². The Morgan fingerprint density at radius 3 is 1.67 bits per heavy atom. The molecule has 0 bridgehead atoms. The van der Waals surface area contributed by atoms with Crippen LogP contribution in [0.1, 0.15) is 65.2 Å². The van der Waals surface area contributed by atoms with Gasteiger partial charge in [0.05, 0.1) is 0 Å². The van der Waals surface area contributed by atoms with Gasteiger partial charge in [0.15, 0.2) is 0 Å². The second kappa shape index (κ2) is 10.7. The van der Waals surface area contributed by atoms with Crippen LogP contribution >= 0.6 is 0 Å². The Morgan fingerprint density at radius 1 is 0.833 bits per heavy atom. The fourth-order valence-corrected chi connectivity index (χ4v) is 1.29. The molecule has 0 aliphatic heterocycles. The van der Waals surface area contributed by atoms with Gasteiger partial charge in [-0.2, -0.15) is 0 Å². The SMILES string of the molecule is C1=CCCCCC1.CCCCC. The normalized spacial score (nSPS) is 16.2. The third-order valence-corrected chi connectivity index (χ3v) is 2.12. The summed E-state index contributed by atoms with van der Waals surface area (Å²) in [5.41, 5.74) is 0. The van der Waals surface area contributed by atoms with Crippen molar-refractivity contribution in [3.8, 4) is 0 Å². The lowest BCUT2D eigenvalue weighted by molar-refractivity contribution is 0.718. The van der Waals surface area contributed by atoms with Gasteiger partial charge in [-0.3, -0.25) is 0 Å². The number of hydrogen-bond acceptors (Lipinski definition) is 0. The van der Waals surface area contributed by atoms with Gasteiger partial charge < -0.3 is 0 Å². The van der Waals surface area contributed by atoms with Crippen LogP contribution in [-0.2, 0) is 0 Å². The maximum absolute atomic E-state index is 2.30. The van der Waals surface area contributed by atoms with Crippen LogP contribution in [0.2, 0.25) is 0 Å². The Bertz CT molecular complexity index is 82.2. The highest BCUT2D eigenvalue weighted by molar-refractivity contribution is 4.83. The van der Waals surface area contributed by atoms with E-state index in [2.05, 4.69) is 26.0 Å². The summed E-state index contributed by atoms with van der Waals surface area (Å²) in [4.78, 5) is 0. The molecule has 1 aliphatic carbocycles. The van der Waals surface area contributed by atoms with Gasteiger partial charge in [0.1, 0.15) is 0 Å². The van der Waals surface area contributed by atoms with Crippen molar-refractivity contribution in [2.75, 3.05) is 0 Å². The minimum atomic E-state index is 1.32. The van der Waals surface area contributed by atoms with E-state index in [1.165, 1.54) is 51.4 Å². The van der Waals surface area contributed by atoms with Gasteiger partial charge in [0.2, 0.25) is 0 Å². The monoisotopic (exact) mass is 168 g/mol. The van der Waals surface area contributed by atoms with Gasteiger partial charge >= 0.3 is 0 Å². The van der Waals surface area contributed by atoms with E-state index in [9.17, 15) is 0 Å². The summed E-state index contributed by atoms with van der Waals surface area (Å²) in [7, 11) is 0. The molecule has 0 N–H and O–H groups in total. The molecule has 0 saturated carbocycles. The predicted octanol–water partition coefficient (Wildman–Crippen LogP) is 4.70. The minimum Gasteiger partial charge on any atom is -0.0885 e. The Morgan fingerprint density at radius 2 is 1.33 bits per heavy atom. The molecule has 0 heteroatoms. The van der Waals surface area contributed by atoms with Gasteiger partial charge in [0.25, 0.3) is 0 Å². The molecule has 0 nitrogen and oxygen atoms in total. The van der Waals surface area contributed by atoms with Crippen molar-refractivity contribution in [2.45, 2.75) is 65.2 Å². The van der Waals surface area contributed by atoms with Crippen molar-refractivity contribution in [1.29, 1.82) is 0 Å². The van der Waals surface area contributed by atoms with Crippen LogP contribution in [0.25, 0.3) is 0 Å². The zero-order chi connectivity index (χ0) is 9.07. The maximum Gasteiger partial charge on any atom is -0.0351 e. The zero-order valence-corrected chi connectivity index (χ0v) is 8.81. The van der Waals surface area contributed by atoms with Gasteiger partial charge in [-0.25, -0.2) is 0 Å². The topological polar surface area (TPSA) is 0 Å². The second-order valence-electron chi connectivity index (χ2n) is 3.46. The average molecular weight is 168 g/mol. The zero-order valence-electron chi connectivity index (χ0n) is 8.81. The van der Waals surface area contributed by atoms with Crippen LogP contribution < -0.4 is 0 Å². The summed E-state index contributed by atoms with van der Waals surface area (Å²) >= 11 is 0. The van der Waals surface area contributed by atoms with Crippen molar-refractivity contribution in [1.82, 2.24) is 0 Å². The average Bonchev–Trinajstić information content (AvgIpc) is 2.37. The molecular weight excluding hydrogens is 144 g/mol. The largest absolute Gasteiger partial charge is 0.0885 e. The summed E-state index contributed by atoms with van der Waals surface area (Å²) in [5, 5.41) is 0. The molecule has 0 aromatic rings. The molecule has 0 heterocycles. The van der Waals surface area contributed by atoms with Gasteiger partial charge in [-0.1, -0.05) is 51.7 Å². The highest BCUT2D eigenvalue weighted by Crippen LogP contribution is 2.08. The van der Waals surface area contributed by atoms with Crippen LogP contribution in [0.5, 0.6) is 0 Å². The molecule has 0 amide bonds. The first-order valence-electron chi connectivity index (χ1n) is 5.56. The Kier molecular flexibility index (Phi) is 10.5. The lowest BCUT2D eigenvalue weighted by Gasteiger charge is -1.86. The molecule has 0 radical (unpaired) electrons. The number of hydrogen-bond donors (Lipinski definition) is 0. The third-order valence-electron chi connectivity index (χ3n) is 2.12. The number of rotatable bonds is 2. The molecule has 0 aromatic heterocycles. The molecule has 12 heavy (non-hydrogen) atoms. The van der Waals surface area contributed by atoms with Crippen molar-refractivity contribution < 1.29 is 0 Å². The molecule has 0 unspecified atom stereocenters. The molecule has 0 fully saturated rings. The van der Waals surface area contributed by atoms with E-state index >= 15 is 0 Å². The van der Waals surface area contributed by atoms with Gasteiger partial charge in [-0.05, 0) is 25.7 Å². The van der Waals surface area contributed by atoms with Crippen molar-refractivity contribution in [3.05, 3.63) is 12.2 Å².